The summed E-state index contributed by atoms with van der Waals surface area (Å²) in [7, 11) is 4.69. The highest BCUT2D eigenvalue weighted by molar-refractivity contribution is 5.91. The van der Waals surface area contributed by atoms with Gasteiger partial charge in [0.2, 0.25) is 5.75 Å². The van der Waals surface area contributed by atoms with Crippen LogP contribution in [-0.2, 0) is 0 Å². The van der Waals surface area contributed by atoms with E-state index in [1.165, 1.54) is 0 Å². The zero-order valence-electron chi connectivity index (χ0n) is 13.7. The van der Waals surface area contributed by atoms with Crippen LogP contribution in [0.3, 0.4) is 0 Å². The van der Waals surface area contributed by atoms with E-state index in [2.05, 4.69) is 6.07 Å². The van der Waals surface area contributed by atoms with E-state index in [4.69, 9.17) is 14.2 Å². The van der Waals surface area contributed by atoms with Crippen LogP contribution < -0.4 is 14.2 Å². The summed E-state index contributed by atoms with van der Waals surface area (Å²) in [5.41, 5.74) is 3.31. The molecule has 2 aromatic carbocycles. The summed E-state index contributed by atoms with van der Waals surface area (Å²) < 4.78 is 16.1. The Morgan fingerprint density at radius 1 is 0.913 bits per heavy atom. The summed E-state index contributed by atoms with van der Waals surface area (Å²) >= 11 is 0. The average molecular weight is 309 g/mol. The van der Waals surface area contributed by atoms with Crippen molar-refractivity contribution in [3.8, 4) is 23.3 Å². The summed E-state index contributed by atoms with van der Waals surface area (Å²) in [4.78, 5) is 0. The first-order chi connectivity index (χ1) is 11.1. The molecule has 0 aromatic heterocycles. The number of hydrogen-bond donors (Lipinski definition) is 0. The molecule has 23 heavy (non-hydrogen) atoms. The molecule has 2 rings (SSSR count). The molecule has 0 spiro atoms. The average Bonchev–Trinajstić information content (AvgIpc) is 2.59. The van der Waals surface area contributed by atoms with Gasteiger partial charge in [-0.15, -0.1) is 0 Å². The molecule has 4 heteroatoms. The molecule has 0 saturated carbocycles. The summed E-state index contributed by atoms with van der Waals surface area (Å²) in [5, 5.41) is 9.49. The van der Waals surface area contributed by atoms with E-state index < -0.39 is 0 Å². The first kappa shape index (κ1) is 16.4. The molecule has 2 aromatic rings. The first-order valence-electron chi connectivity index (χ1n) is 7.12. The third-order valence-corrected chi connectivity index (χ3v) is 3.52. The van der Waals surface area contributed by atoms with Gasteiger partial charge in [0.15, 0.2) is 11.5 Å². The molecule has 0 aliphatic heterocycles. The van der Waals surface area contributed by atoms with E-state index in [1.807, 2.05) is 37.3 Å². The molecule has 4 nitrogen and oxygen atoms in total. The van der Waals surface area contributed by atoms with Gasteiger partial charge in [0, 0.05) is 5.56 Å². The van der Waals surface area contributed by atoms with Crippen molar-refractivity contribution in [1.29, 1.82) is 5.26 Å². The predicted molar refractivity (Wildman–Crippen MR) is 90.8 cm³/mol. The topological polar surface area (TPSA) is 51.5 Å². The van der Waals surface area contributed by atoms with Gasteiger partial charge in [0.05, 0.1) is 33.0 Å². The first-order valence-corrected chi connectivity index (χ1v) is 7.12. The predicted octanol–water partition coefficient (Wildman–Crippen LogP) is 4.09. The highest BCUT2D eigenvalue weighted by atomic mass is 16.5. The molecule has 0 heterocycles. The van der Waals surface area contributed by atoms with E-state index >= 15 is 0 Å². The normalized spacial score (nSPS) is 10.8. The van der Waals surface area contributed by atoms with Crippen LogP contribution in [0, 0.1) is 18.3 Å². The molecule has 0 aliphatic carbocycles. The van der Waals surface area contributed by atoms with E-state index in [-0.39, 0.29) is 0 Å². The second-order valence-electron chi connectivity index (χ2n) is 4.96. The smallest absolute Gasteiger partial charge is 0.203 e. The van der Waals surface area contributed by atoms with Gasteiger partial charge in [-0.05, 0) is 30.7 Å². The van der Waals surface area contributed by atoms with Crippen LogP contribution in [0.4, 0.5) is 0 Å². The van der Waals surface area contributed by atoms with Crippen molar-refractivity contribution < 1.29 is 14.2 Å². The van der Waals surface area contributed by atoms with Crippen LogP contribution in [0.5, 0.6) is 17.2 Å². The molecule has 0 saturated heterocycles. The second-order valence-corrected chi connectivity index (χ2v) is 4.96. The monoisotopic (exact) mass is 309 g/mol. The lowest BCUT2D eigenvalue weighted by molar-refractivity contribution is 0.324. The van der Waals surface area contributed by atoms with Crippen molar-refractivity contribution >= 4 is 11.6 Å². The third-order valence-electron chi connectivity index (χ3n) is 3.52. The van der Waals surface area contributed by atoms with Crippen molar-refractivity contribution in [3.63, 3.8) is 0 Å². The fourth-order valence-corrected chi connectivity index (χ4v) is 2.31. The quantitative estimate of drug-likeness (QED) is 0.617. The van der Waals surface area contributed by atoms with Crippen LogP contribution in [0.25, 0.3) is 11.6 Å². The van der Waals surface area contributed by atoms with Gasteiger partial charge >= 0.3 is 0 Å². The number of methoxy groups -OCH3 is 3. The Kier molecular flexibility index (Phi) is 5.27. The number of allylic oxidation sites excluding steroid dienone is 1. The molecule has 0 atom stereocenters. The minimum Gasteiger partial charge on any atom is -0.493 e. The van der Waals surface area contributed by atoms with Crippen LogP contribution >= 0.6 is 0 Å². The molecule has 0 amide bonds. The molecule has 0 fully saturated rings. The van der Waals surface area contributed by atoms with Crippen LogP contribution in [0.15, 0.2) is 36.4 Å². The van der Waals surface area contributed by atoms with Crippen molar-refractivity contribution in [1.82, 2.24) is 0 Å². The number of rotatable bonds is 5. The van der Waals surface area contributed by atoms with E-state index in [9.17, 15) is 5.26 Å². The van der Waals surface area contributed by atoms with E-state index in [0.717, 1.165) is 16.7 Å². The van der Waals surface area contributed by atoms with Gasteiger partial charge in [-0.25, -0.2) is 0 Å². The largest absolute Gasteiger partial charge is 0.493 e. The van der Waals surface area contributed by atoms with Gasteiger partial charge < -0.3 is 14.2 Å². The Morgan fingerprint density at radius 3 is 2.09 bits per heavy atom. The number of ether oxygens (including phenoxy) is 3. The minimum absolute atomic E-state index is 0.505. The fraction of sp³-hybridized carbons (Fsp3) is 0.211. The van der Waals surface area contributed by atoms with Crippen LogP contribution in [0.1, 0.15) is 16.7 Å². The van der Waals surface area contributed by atoms with Crippen LogP contribution in [-0.4, -0.2) is 21.3 Å². The SMILES string of the molecule is COc1ccc(/C=C(/C#N)c2ccc(C)cc2)c(OC)c1OC. The minimum atomic E-state index is 0.505. The Morgan fingerprint density at radius 2 is 1.57 bits per heavy atom. The van der Waals surface area contributed by atoms with Crippen molar-refractivity contribution in [2.75, 3.05) is 21.3 Å². The lowest BCUT2D eigenvalue weighted by Gasteiger charge is -2.14. The van der Waals surface area contributed by atoms with Gasteiger partial charge in [0.1, 0.15) is 0 Å². The molecule has 0 unspecified atom stereocenters. The van der Waals surface area contributed by atoms with Gasteiger partial charge in [-0.1, -0.05) is 29.8 Å². The number of benzene rings is 2. The summed E-state index contributed by atoms with van der Waals surface area (Å²) in [6.45, 7) is 2.01. The lowest BCUT2D eigenvalue weighted by Crippen LogP contribution is -1.97. The maximum Gasteiger partial charge on any atom is 0.203 e. The zero-order valence-corrected chi connectivity index (χ0v) is 13.7. The summed E-state index contributed by atoms with van der Waals surface area (Å²) in [6, 6.07) is 13.7. The fourth-order valence-electron chi connectivity index (χ4n) is 2.31. The number of hydrogen-bond acceptors (Lipinski definition) is 4. The summed E-state index contributed by atoms with van der Waals surface area (Å²) in [6.07, 6.45) is 1.78. The third kappa shape index (κ3) is 3.46. The van der Waals surface area contributed by atoms with Gasteiger partial charge in [-0.3, -0.25) is 0 Å². The standard InChI is InChI=1S/C19H19NO3/c1-13-5-7-14(8-6-13)16(12-20)11-15-9-10-17(21-2)19(23-4)18(15)22-3/h5-11H,1-4H3/b16-11-. The second kappa shape index (κ2) is 7.37. The number of aryl methyl sites for hydroxylation is 1. The molecule has 0 aliphatic rings. The van der Waals surface area contributed by atoms with Crippen molar-refractivity contribution in [2.24, 2.45) is 0 Å². The van der Waals surface area contributed by atoms with Crippen molar-refractivity contribution in [3.05, 3.63) is 53.1 Å². The molecular weight excluding hydrogens is 290 g/mol. The highest BCUT2D eigenvalue weighted by Gasteiger charge is 2.15. The van der Waals surface area contributed by atoms with E-state index in [0.29, 0.717) is 22.8 Å². The Balaban J connectivity index is 2.56. The summed E-state index contributed by atoms with van der Waals surface area (Å²) in [5.74, 6) is 1.62. The molecule has 118 valence electrons. The maximum atomic E-state index is 9.49. The zero-order chi connectivity index (χ0) is 16.8. The Labute approximate surface area is 136 Å². The maximum absolute atomic E-state index is 9.49. The Hall–Kier alpha value is -2.93. The van der Waals surface area contributed by atoms with E-state index in [1.54, 1.807) is 33.5 Å². The number of nitrogens with zero attached hydrogens (tertiary/aromatic N) is 1. The van der Waals surface area contributed by atoms with Crippen molar-refractivity contribution in [2.45, 2.75) is 6.92 Å². The molecule has 0 radical (unpaired) electrons. The van der Waals surface area contributed by atoms with Gasteiger partial charge in [-0.2, -0.15) is 5.26 Å². The van der Waals surface area contributed by atoms with Gasteiger partial charge in [0.25, 0.3) is 0 Å². The Bertz CT molecular complexity index is 755. The molecule has 0 N–H and O–H groups in total. The molecular formula is C19H19NO3. The number of nitriles is 1. The highest BCUT2D eigenvalue weighted by Crippen LogP contribution is 2.41. The van der Waals surface area contributed by atoms with Crippen LogP contribution in [0.2, 0.25) is 0 Å². The lowest BCUT2D eigenvalue weighted by atomic mass is 10.0. The molecule has 0 bridgehead atoms.